The van der Waals surface area contributed by atoms with Crippen molar-refractivity contribution in [1.29, 1.82) is 0 Å². The predicted octanol–water partition coefficient (Wildman–Crippen LogP) is 1.93. The molecule has 2 saturated heterocycles. The van der Waals surface area contributed by atoms with Crippen molar-refractivity contribution >= 4 is 17.5 Å². The van der Waals surface area contributed by atoms with Gasteiger partial charge in [0.25, 0.3) is 5.91 Å². The molecule has 0 unspecified atom stereocenters. The van der Waals surface area contributed by atoms with E-state index >= 15 is 0 Å². The molecule has 4 nitrogen and oxygen atoms in total. The molecule has 2 atom stereocenters. The molecule has 108 valence electrons. The summed E-state index contributed by atoms with van der Waals surface area (Å²) >= 11 is 5.81. The molecule has 0 radical (unpaired) electrons. The monoisotopic (exact) mass is 294 g/mol. The number of amides is 1. The number of halogens is 1. The summed E-state index contributed by atoms with van der Waals surface area (Å²) in [6, 6.07) is 7.51. The zero-order chi connectivity index (χ0) is 13.9. The third-order valence-corrected chi connectivity index (χ3v) is 4.31. The molecule has 5 heteroatoms. The number of benzene rings is 1. The van der Waals surface area contributed by atoms with Crippen LogP contribution in [0.5, 0.6) is 0 Å². The molecule has 0 spiro atoms. The van der Waals surface area contributed by atoms with Crippen LogP contribution in [-0.4, -0.2) is 49.2 Å². The quantitative estimate of drug-likeness (QED) is 0.926. The first-order valence-electron chi connectivity index (χ1n) is 7.12. The van der Waals surface area contributed by atoms with Gasteiger partial charge in [-0.2, -0.15) is 0 Å². The lowest BCUT2D eigenvalue weighted by atomic mass is 10.1. The zero-order valence-corrected chi connectivity index (χ0v) is 12.1. The van der Waals surface area contributed by atoms with E-state index in [4.69, 9.17) is 16.3 Å². The van der Waals surface area contributed by atoms with E-state index in [1.54, 1.807) is 24.3 Å². The van der Waals surface area contributed by atoms with Crippen molar-refractivity contribution in [3.8, 4) is 0 Å². The fourth-order valence-corrected chi connectivity index (χ4v) is 3.04. The number of ether oxygens (including phenoxy) is 1. The predicted molar refractivity (Wildman–Crippen MR) is 78.1 cm³/mol. The highest BCUT2D eigenvalue weighted by atomic mass is 35.5. The number of carbonyl (C=O) groups is 1. The van der Waals surface area contributed by atoms with Crippen molar-refractivity contribution in [1.82, 2.24) is 10.2 Å². The highest BCUT2D eigenvalue weighted by Crippen LogP contribution is 2.22. The summed E-state index contributed by atoms with van der Waals surface area (Å²) in [5.41, 5.74) is 0.629. The molecule has 1 aromatic carbocycles. The molecule has 2 fully saturated rings. The normalized spacial score (nSPS) is 26.2. The minimum absolute atomic E-state index is 0.0752. The number of rotatable bonds is 3. The molecule has 2 aliphatic rings. The van der Waals surface area contributed by atoms with Crippen molar-refractivity contribution in [2.75, 3.05) is 26.2 Å². The van der Waals surface area contributed by atoms with Crippen LogP contribution >= 0.6 is 11.6 Å². The highest BCUT2D eigenvalue weighted by Gasteiger charge is 2.32. The van der Waals surface area contributed by atoms with Crippen LogP contribution in [0.15, 0.2) is 24.3 Å². The summed E-state index contributed by atoms with van der Waals surface area (Å²) < 4.78 is 5.82. The van der Waals surface area contributed by atoms with Gasteiger partial charge in [0.1, 0.15) is 0 Å². The first-order chi connectivity index (χ1) is 9.72. The van der Waals surface area contributed by atoms with Crippen LogP contribution < -0.4 is 5.32 Å². The second kappa shape index (κ2) is 6.12. The molecule has 1 amide bonds. The first kappa shape index (κ1) is 13.9. The molecular weight excluding hydrogens is 276 g/mol. The maximum Gasteiger partial charge on any atom is 0.251 e. The van der Waals surface area contributed by atoms with Crippen molar-refractivity contribution in [2.24, 2.45) is 0 Å². The summed E-state index contributed by atoms with van der Waals surface area (Å²) in [7, 11) is 0. The second-order valence-corrected chi connectivity index (χ2v) is 5.90. The van der Waals surface area contributed by atoms with Gasteiger partial charge in [0.05, 0.1) is 12.7 Å². The van der Waals surface area contributed by atoms with Gasteiger partial charge in [-0.05, 0) is 43.7 Å². The van der Waals surface area contributed by atoms with Gasteiger partial charge in [0.15, 0.2) is 0 Å². The van der Waals surface area contributed by atoms with Crippen LogP contribution in [0.2, 0.25) is 5.02 Å². The summed E-state index contributed by atoms with van der Waals surface area (Å²) in [6.07, 6.45) is 2.60. The van der Waals surface area contributed by atoms with Crippen molar-refractivity contribution in [3.63, 3.8) is 0 Å². The van der Waals surface area contributed by atoms with Crippen molar-refractivity contribution in [2.45, 2.75) is 25.0 Å². The Hall–Kier alpha value is -1.10. The van der Waals surface area contributed by atoms with Crippen LogP contribution in [0.3, 0.4) is 0 Å². The number of fused-ring (bicyclic) bond motifs is 1. The Balaban J connectivity index is 1.49. The zero-order valence-electron chi connectivity index (χ0n) is 11.3. The minimum Gasteiger partial charge on any atom is -0.373 e. The van der Waals surface area contributed by atoms with Gasteiger partial charge < -0.3 is 10.1 Å². The highest BCUT2D eigenvalue weighted by molar-refractivity contribution is 6.30. The van der Waals surface area contributed by atoms with E-state index in [1.165, 1.54) is 12.8 Å². The first-order valence-corrected chi connectivity index (χ1v) is 7.49. The molecule has 0 aromatic heterocycles. The maximum atomic E-state index is 12.0. The number of nitrogens with zero attached hydrogens (tertiary/aromatic N) is 1. The third-order valence-electron chi connectivity index (χ3n) is 4.06. The third kappa shape index (κ3) is 3.14. The lowest BCUT2D eigenvalue weighted by Crippen LogP contribution is -2.50. The molecule has 3 rings (SSSR count). The van der Waals surface area contributed by atoms with E-state index < -0.39 is 0 Å². The second-order valence-electron chi connectivity index (χ2n) is 5.46. The fraction of sp³-hybridized carbons (Fsp3) is 0.533. The Morgan fingerprint density at radius 1 is 1.40 bits per heavy atom. The van der Waals surface area contributed by atoms with Gasteiger partial charge >= 0.3 is 0 Å². The van der Waals surface area contributed by atoms with E-state index in [-0.39, 0.29) is 12.0 Å². The minimum atomic E-state index is -0.0752. The lowest BCUT2D eigenvalue weighted by Gasteiger charge is -2.35. The summed E-state index contributed by atoms with van der Waals surface area (Å²) in [4.78, 5) is 14.5. The number of nitrogens with one attached hydrogen (secondary N) is 1. The van der Waals surface area contributed by atoms with Gasteiger partial charge in [-0.15, -0.1) is 0 Å². The van der Waals surface area contributed by atoms with E-state index in [0.29, 0.717) is 23.2 Å². The van der Waals surface area contributed by atoms with E-state index in [2.05, 4.69) is 10.2 Å². The maximum absolute atomic E-state index is 12.0. The van der Waals surface area contributed by atoms with Crippen LogP contribution in [0, 0.1) is 0 Å². The number of carbonyl (C=O) groups excluding carboxylic acids is 1. The standard InChI is InChI=1S/C15H19ClN2O2/c16-12-5-3-11(4-6-12)15(19)17-8-14-9-18-7-1-2-13(18)10-20-14/h3-6,13-14H,1-2,7-10H2,(H,17,19)/t13-,14-/m0/s1. The number of morpholine rings is 1. The molecule has 0 bridgehead atoms. The Morgan fingerprint density at radius 2 is 2.20 bits per heavy atom. The molecule has 20 heavy (non-hydrogen) atoms. The Kier molecular flexibility index (Phi) is 4.24. The molecule has 0 aliphatic carbocycles. The van der Waals surface area contributed by atoms with Crippen LogP contribution in [0.1, 0.15) is 23.2 Å². The summed E-state index contributed by atoms with van der Waals surface area (Å²) in [5.74, 6) is -0.0752. The average Bonchev–Trinajstić information content (AvgIpc) is 2.93. The smallest absolute Gasteiger partial charge is 0.251 e. The SMILES string of the molecule is O=C(NC[C@H]1CN2CCC[C@H]2CO1)c1ccc(Cl)cc1. The Labute approximate surface area is 124 Å². The van der Waals surface area contributed by atoms with Crippen LogP contribution in [0.4, 0.5) is 0 Å². The molecular formula is C15H19ClN2O2. The van der Waals surface area contributed by atoms with Gasteiger partial charge in [0, 0.05) is 29.7 Å². The molecule has 1 N–H and O–H groups in total. The van der Waals surface area contributed by atoms with Crippen molar-refractivity contribution < 1.29 is 9.53 Å². The average molecular weight is 295 g/mol. The number of hydrogen-bond acceptors (Lipinski definition) is 3. The Bertz CT molecular complexity index is 477. The lowest BCUT2D eigenvalue weighted by molar-refractivity contribution is -0.0461. The summed E-state index contributed by atoms with van der Waals surface area (Å²) in [6.45, 7) is 3.44. The number of hydrogen-bond donors (Lipinski definition) is 1. The van der Waals surface area contributed by atoms with E-state index in [9.17, 15) is 4.79 Å². The van der Waals surface area contributed by atoms with E-state index in [1.807, 2.05) is 0 Å². The molecule has 2 heterocycles. The van der Waals surface area contributed by atoms with Gasteiger partial charge in [-0.3, -0.25) is 9.69 Å². The van der Waals surface area contributed by atoms with Gasteiger partial charge in [-0.1, -0.05) is 11.6 Å². The molecule has 1 aromatic rings. The van der Waals surface area contributed by atoms with Gasteiger partial charge in [-0.25, -0.2) is 0 Å². The molecule has 2 aliphatic heterocycles. The van der Waals surface area contributed by atoms with Crippen LogP contribution in [-0.2, 0) is 4.74 Å². The van der Waals surface area contributed by atoms with Gasteiger partial charge in [0.2, 0.25) is 0 Å². The van der Waals surface area contributed by atoms with Crippen molar-refractivity contribution in [3.05, 3.63) is 34.9 Å². The molecule has 0 saturated carbocycles. The summed E-state index contributed by atoms with van der Waals surface area (Å²) in [5, 5.41) is 3.57. The van der Waals surface area contributed by atoms with Crippen LogP contribution in [0.25, 0.3) is 0 Å². The largest absolute Gasteiger partial charge is 0.373 e. The Morgan fingerprint density at radius 3 is 3.00 bits per heavy atom. The fourth-order valence-electron chi connectivity index (χ4n) is 2.92. The topological polar surface area (TPSA) is 41.6 Å². The van der Waals surface area contributed by atoms with E-state index in [0.717, 1.165) is 19.7 Å².